The van der Waals surface area contributed by atoms with E-state index in [4.69, 9.17) is 0 Å². The Morgan fingerprint density at radius 3 is 2.35 bits per heavy atom. The van der Waals surface area contributed by atoms with Gasteiger partial charge in [-0.25, -0.2) is 0 Å². The number of anilines is 2. The van der Waals surface area contributed by atoms with Crippen LogP contribution in [0.15, 0.2) is 48.5 Å². The van der Waals surface area contributed by atoms with E-state index in [0.717, 1.165) is 42.9 Å². The van der Waals surface area contributed by atoms with Crippen LogP contribution in [0.5, 0.6) is 0 Å². The van der Waals surface area contributed by atoms with Crippen molar-refractivity contribution in [3.05, 3.63) is 59.7 Å². The topological polar surface area (TPSA) is 61.4 Å². The van der Waals surface area contributed by atoms with E-state index in [0.29, 0.717) is 12.1 Å². The van der Waals surface area contributed by atoms with E-state index in [1.165, 1.54) is 6.42 Å². The Bertz CT molecular complexity index is 765. The van der Waals surface area contributed by atoms with Gasteiger partial charge < -0.3 is 15.5 Å². The number of amides is 2. The molecular formula is C21H25N3O2. The molecule has 0 atom stereocenters. The first kappa shape index (κ1) is 18.0. The Labute approximate surface area is 154 Å². The van der Waals surface area contributed by atoms with Gasteiger partial charge in [-0.05, 0) is 62.6 Å². The van der Waals surface area contributed by atoms with Crippen LogP contribution in [0.3, 0.4) is 0 Å². The number of nitrogens with one attached hydrogen (secondary N) is 2. The predicted molar refractivity (Wildman–Crippen MR) is 104 cm³/mol. The number of hydrogen-bond acceptors (Lipinski definition) is 3. The van der Waals surface area contributed by atoms with Crippen LogP contribution in [0.4, 0.5) is 11.4 Å². The SMILES string of the molecule is Cc1cccc(C(=O)Nc2ccc(NCC(=O)N3CCCCC3)cc2)c1. The summed E-state index contributed by atoms with van der Waals surface area (Å²) in [7, 11) is 0. The second kappa shape index (κ2) is 8.52. The van der Waals surface area contributed by atoms with Crippen LogP contribution < -0.4 is 10.6 Å². The smallest absolute Gasteiger partial charge is 0.255 e. The fraction of sp³-hybridized carbons (Fsp3) is 0.333. The van der Waals surface area contributed by atoms with Gasteiger partial charge in [-0.2, -0.15) is 0 Å². The van der Waals surface area contributed by atoms with Gasteiger partial charge in [0.1, 0.15) is 0 Å². The fourth-order valence-electron chi connectivity index (χ4n) is 3.09. The van der Waals surface area contributed by atoms with Crippen LogP contribution in [-0.4, -0.2) is 36.3 Å². The molecule has 3 rings (SSSR count). The number of carbonyl (C=O) groups is 2. The summed E-state index contributed by atoms with van der Waals surface area (Å²) in [5.74, 6) is 0.0104. The average Bonchev–Trinajstić information content (AvgIpc) is 2.68. The second-order valence-electron chi connectivity index (χ2n) is 6.70. The van der Waals surface area contributed by atoms with E-state index >= 15 is 0 Å². The van der Waals surface area contributed by atoms with Gasteiger partial charge in [0.25, 0.3) is 5.91 Å². The first-order valence-corrected chi connectivity index (χ1v) is 9.11. The number of piperidine rings is 1. The van der Waals surface area contributed by atoms with E-state index in [-0.39, 0.29) is 11.8 Å². The molecule has 1 fully saturated rings. The summed E-state index contributed by atoms with van der Waals surface area (Å²) in [5.41, 5.74) is 3.28. The van der Waals surface area contributed by atoms with Crippen molar-refractivity contribution in [2.45, 2.75) is 26.2 Å². The van der Waals surface area contributed by atoms with Crippen LogP contribution in [-0.2, 0) is 4.79 Å². The molecule has 5 heteroatoms. The Morgan fingerprint density at radius 1 is 0.962 bits per heavy atom. The molecule has 1 aliphatic heterocycles. The molecule has 2 N–H and O–H groups in total. The van der Waals surface area contributed by atoms with E-state index in [9.17, 15) is 9.59 Å². The molecule has 0 unspecified atom stereocenters. The van der Waals surface area contributed by atoms with Crippen molar-refractivity contribution in [2.75, 3.05) is 30.3 Å². The van der Waals surface area contributed by atoms with Crippen molar-refractivity contribution >= 4 is 23.2 Å². The van der Waals surface area contributed by atoms with Crippen molar-refractivity contribution in [2.24, 2.45) is 0 Å². The average molecular weight is 351 g/mol. The minimum Gasteiger partial charge on any atom is -0.376 e. The van der Waals surface area contributed by atoms with Gasteiger partial charge in [-0.3, -0.25) is 9.59 Å². The summed E-state index contributed by atoms with van der Waals surface area (Å²) in [5, 5.41) is 6.04. The number of rotatable bonds is 5. The first-order chi connectivity index (χ1) is 12.6. The molecule has 0 saturated carbocycles. The van der Waals surface area contributed by atoms with Crippen LogP contribution in [0.1, 0.15) is 35.2 Å². The zero-order chi connectivity index (χ0) is 18.4. The lowest BCUT2D eigenvalue weighted by Crippen LogP contribution is -2.39. The molecule has 1 aliphatic rings. The molecular weight excluding hydrogens is 326 g/mol. The maximum atomic E-state index is 12.3. The molecule has 1 heterocycles. The summed E-state index contributed by atoms with van der Waals surface area (Å²) in [4.78, 5) is 26.4. The lowest BCUT2D eigenvalue weighted by molar-refractivity contribution is -0.130. The van der Waals surface area contributed by atoms with Crippen molar-refractivity contribution in [3.63, 3.8) is 0 Å². The van der Waals surface area contributed by atoms with Crippen LogP contribution in [0, 0.1) is 6.92 Å². The molecule has 2 aromatic carbocycles. The highest BCUT2D eigenvalue weighted by Gasteiger charge is 2.15. The highest BCUT2D eigenvalue weighted by molar-refractivity contribution is 6.04. The van der Waals surface area contributed by atoms with Crippen LogP contribution in [0.2, 0.25) is 0 Å². The molecule has 0 aliphatic carbocycles. The Kier molecular flexibility index (Phi) is 5.89. The monoisotopic (exact) mass is 351 g/mol. The lowest BCUT2D eigenvalue weighted by Gasteiger charge is -2.26. The number of carbonyl (C=O) groups excluding carboxylic acids is 2. The highest BCUT2D eigenvalue weighted by Crippen LogP contribution is 2.15. The summed E-state index contributed by atoms with van der Waals surface area (Å²) in [6.07, 6.45) is 3.41. The third-order valence-electron chi connectivity index (χ3n) is 4.58. The van der Waals surface area contributed by atoms with E-state index in [2.05, 4.69) is 10.6 Å². The lowest BCUT2D eigenvalue weighted by atomic mass is 10.1. The number of hydrogen-bond donors (Lipinski definition) is 2. The van der Waals surface area contributed by atoms with Crippen LogP contribution >= 0.6 is 0 Å². The predicted octanol–water partition coefficient (Wildman–Crippen LogP) is 3.67. The van der Waals surface area contributed by atoms with Gasteiger partial charge in [-0.1, -0.05) is 17.7 Å². The largest absolute Gasteiger partial charge is 0.376 e. The number of nitrogens with zero attached hydrogens (tertiary/aromatic N) is 1. The zero-order valence-corrected chi connectivity index (χ0v) is 15.1. The van der Waals surface area contributed by atoms with Crippen molar-refractivity contribution in [1.29, 1.82) is 0 Å². The van der Waals surface area contributed by atoms with Gasteiger partial charge in [0.05, 0.1) is 6.54 Å². The molecule has 0 radical (unpaired) electrons. The minimum atomic E-state index is -0.130. The third-order valence-corrected chi connectivity index (χ3v) is 4.58. The Balaban J connectivity index is 1.51. The van der Waals surface area contributed by atoms with Gasteiger partial charge in [0.2, 0.25) is 5.91 Å². The molecule has 2 aromatic rings. The summed E-state index contributed by atoms with van der Waals surface area (Å²) < 4.78 is 0. The minimum absolute atomic E-state index is 0.130. The molecule has 26 heavy (non-hydrogen) atoms. The Morgan fingerprint density at radius 2 is 1.65 bits per heavy atom. The van der Waals surface area contributed by atoms with Crippen molar-refractivity contribution in [3.8, 4) is 0 Å². The molecule has 0 bridgehead atoms. The summed E-state index contributed by atoms with van der Waals surface area (Å²) in [6, 6.07) is 14.9. The summed E-state index contributed by atoms with van der Waals surface area (Å²) >= 11 is 0. The number of aryl methyl sites for hydroxylation is 1. The number of likely N-dealkylation sites (tertiary alicyclic amines) is 1. The second-order valence-corrected chi connectivity index (χ2v) is 6.70. The highest BCUT2D eigenvalue weighted by atomic mass is 16.2. The van der Waals surface area contributed by atoms with E-state index in [1.54, 1.807) is 6.07 Å². The van der Waals surface area contributed by atoms with E-state index < -0.39 is 0 Å². The molecule has 2 amide bonds. The quantitative estimate of drug-likeness (QED) is 0.864. The molecule has 1 saturated heterocycles. The van der Waals surface area contributed by atoms with Gasteiger partial charge in [0.15, 0.2) is 0 Å². The third kappa shape index (κ3) is 4.85. The van der Waals surface area contributed by atoms with Crippen molar-refractivity contribution < 1.29 is 9.59 Å². The van der Waals surface area contributed by atoms with Gasteiger partial charge in [-0.15, -0.1) is 0 Å². The normalized spacial score (nSPS) is 14.0. The zero-order valence-electron chi connectivity index (χ0n) is 15.1. The van der Waals surface area contributed by atoms with E-state index in [1.807, 2.05) is 54.3 Å². The number of benzene rings is 2. The first-order valence-electron chi connectivity index (χ1n) is 9.11. The molecule has 5 nitrogen and oxygen atoms in total. The standard InChI is InChI=1S/C21H25N3O2/c1-16-6-5-7-17(14-16)21(26)23-19-10-8-18(9-11-19)22-15-20(25)24-12-3-2-4-13-24/h5-11,14,22H,2-4,12-13,15H2,1H3,(H,23,26). The maximum Gasteiger partial charge on any atom is 0.255 e. The maximum absolute atomic E-state index is 12.3. The van der Waals surface area contributed by atoms with Crippen LogP contribution in [0.25, 0.3) is 0 Å². The van der Waals surface area contributed by atoms with Gasteiger partial charge >= 0.3 is 0 Å². The molecule has 136 valence electrons. The Hall–Kier alpha value is -2.82. The van der Waals surface area contributed by atoms with Crippen molar-refractivity contribution in [1.82, 2.24) is 4.90 Å². The van der Waals surface area contributed by atoms with Gasteiger partial charge in [0, 0.05) is 30.0 Å². The molecule has 0 aromatic heterocycles. The summed E-state index contributed by atoms with van der Waals surface area (Å²) in [6.45, 7) is 3.99. The fourth-order valence-corrected chi connectivity index (χ4v) is 3.09. The molecule has 0 spiro atoms.